The van der Waals surface area contributed by atoms with E-state index in [4.69, 9.17) is 4.74 Å². The van der Waals surface area contributed by atoms with E-state index < -0.39 is 0 Å². The van der Waals surface area contributed by atoms with Crippen LogP contribution in [-0.4, -0.2) is 60.3 Å². The molecule has 2 aromatic carbocycles. The van der Waals surface area contributed by atoms with E-state index in [-0.39, 0.29) is 11.8 Å². The Kier molecular flexibility index (Phi) is 7.09. The van der Waals surface area contributed by atoms with Gasteiger partial charge in [-0.1, -0.05) is 18.2 Å². The van der Waals surface area contributed by atoms with Crippen molar-refractivity contribution in [2.75, 3.05) is 38.3 Å². The van der Waals surface area contributed by atoms with Crippen molar-refractivity contribution in [2.24, 2.45) is 0 Å². The number of likely N-dealkylation sites (tertiary alicyclic amines) is 1. The van der Waals surface area contributed by atoms with Gasteiger partial charge in [0, 0.05) is 49.4 Å². The maximum atomic E-state index is 13.6. The number of H-pyrrole nitrogens is 1. The second kappa shape index (κ2) is 10.8. The normalized spacial score (nSPS) is 17.9. The van der Waals surface area contributed by atoms with E-state index in [0.717, 1.165) is 72.4 Å². The molecule has 0 aliphatic carbocycles. The SMILES string of the molecule is CN(c1ccc(-c2n[nH]c3ccc(CC(=O)C(c4ccsc4)N4CCCC4)cc23)cc1)C1CCOCC1. The van der Waals surface area contributed by atoms with Gasteiger partial charge in [0.05, 0.1) is 17.3 Å². The van der Waals surface area contributed by atoms with Crippen molar-refractivity contribution in [3.63, 3.8) is 0 Å². The van der Waals surface area contributed by atoms with Crippen LogP contribution in [0.4, 0.5) is 5.69 Å². The van der Waals surface area contributed by atoms with Gasteiger partial charge in [-0.3, -0.25) is 14.8 Å². The molecule has 2 aliphatic rings. The molecular formula is C30H34N4O2S. The maximum Gasteiger partial charge on any atom is 0.158 e. The maximum absolute atomic E-state index is 13.6. The Morgan fingerprint density at radius 3 is 2.65 bits per heavy atom. The molecule has 192 valence electrons. The molecule has 4 heterocycles. The standard InChI is InChI=1S/C30H34N4O2S/c1-33(25-10-15-36-16-11-25)24-7-5-22(6-8-24)29-26-18-21(4-9-27(26)31-32-29)19-28(35)30(23-12-17-37-20-23)34-13-2-3-14-34/h4-9,12,17-18,20,25,30H,2-3,10-11,13-16,19H2,1H3,(H,31,32). The number of ketones is 1. The Morgan fingerprint density at radius 2 is 1.92 bits per heavy atom. The Morgan fingerprint density at radius 1 is 1.14 bits per heavy atom. The Hall–Kier alpha value is -3.00. The fourth-order valence-electron chi connectivity index (χ4n) is 5.86. The van der Waals surface area contributed by atoms with Crippen molar-refractivity contribution in [2.45, 2.75) is 44.2 Å². The van der Waals surface area contributed by atoms with Gasteiger partial charge >= 0.3 is 0 Å². The number of fused-ring (bicyclic) bond motifs is 1. The molecule has 1 N–H and O–H groups in total. The molecule has 4 aromatic rings. The monoisotopic (exact) mass is 514 g/mol. The highest BCUT2D eigenvalue weighted by atomic mass is 32.1. The van der Waals surface area contributed by atoms with Crippen molar-refractivity contribution in [1.82, 2.24) is 15.1 Å². The van der Waals surface area contributed by atoms with Gasteiger partial charge in [-0.05, 0) is 91.0 Å². The fraction of sp³-hybridized carbons (Fsp3) is 0.400. The van der Waals surface area contributed by atoms with Crippen molar-refractivity contribution < 1.29 is 9.53 Å². The van der Waals surface area contributed by atoms with Gasteiger partial charge in [-0.2, -0.15) is 16.4 Å². The van der Waals surface area contributed by atoms with Gasteiger partial charge in [-0.25, -0.2) is 0 Å². The summed E-state index contributed by atoms with van der Waals surface area (Å²) in [5.41, 5.74) is 6.38. The summed E-state index contributed by atoms with van der Waals surface area (Å²) in [5, 5.41) is 13.1. The van der Waals surface area contributed by atoms with E-state index >= 15 is 0 Å². The molecule has 2 fully saturated rings. The van der Waals surface area contributed by atoms with Crippen LogP contribution in [0.25, 0.3) is 22.2 Å². The van der Waals surface area contributed by atoms with Crippen LogP contribution in [0.1, 0.15) is 42.9 Å². The molecule has 2 aromatic heterocycles. The largest absolute Gasteiger partial charge is 0.381 e. The number of anilines is 1. The first-order valence-corrected chi connectivity index (χ1v) is 14.3. The summed E-state index contributed by atoms with van der Waals surface area (Å²) in [6.07, 6.45) is 4.89. The number of carbonyl (C=O) groups excluding carboxylic acids is 1. The van der Waals surface area contributed by atoms with Gasteiger partial charge in [-0.15, -0.1) is 0 Å². The van der Waals surface area contributed by atoms with Crippen LogP contribution in [-0.2, 0) is 16.0 Å². The molecule has 6 rings (SSSR count). The molecule has 0 radical (unpaired) electrons. The van der Waals surface area contributed by atoms with Crippen molar-refractivity contribution >= 4 is 33.7 Å². The number of aromatic nitrogens is 2. The van der Waals surface area contributed by atoms with Crippen LogP contribution in [0, 0.1) is 0 Å². The lowest BCUT2D eigenvalue weighted by Gasteiger charge is -2.33. The van der Waals surface area contributed by atoms with Crippen molar-refractivity contribution in [3.8, 4) is 11.3 Å². The van der Waals surface area contributed by atoms with Gasteiger partial charge < -0.3 is 9.64 Å². The average molecular weight is 515 g/mol. The smallest absolute Gasteiger partial charge is 0.158 e. The predicted octanol–water partition coefficient (Wildman–Crippen LogP) is 5.86. The first-order valence-electron chi connectivity index (χ1n) is 13.3. The minimum atomic E-state index is -0.145. The van der Waals surface area contributed by atoms with E-state index in [0.29, 0.717) is 12.5 Å². The van der Waals surface area contributed by atoms with Crippen LogP contribution in [0.2, 0.25) is 0 Å². The summed E-state index contributed by atoms with van der Waals surface area (Å²) in [5.74, 6) is 0.269. The lowest BCUT2D eigenvalue weighted by atomic mass is 9.97. The Bertz CT molecular complexity index is 1340. The van der Waals surface area contributed by atoms with Gasteiger partial charge in [0.25, 0.3) is 0 Å². The van der Waals surface area contributed by atoms with Crippen LogP contribution in [0.3, 0.4) is 0 Å². The highest BCUT2D eigenvalue weighted by molar-refractivity contribution is 7.08. The lowest BCUT2D eigenvalue weighted by Crippen LogP contribution is -2.36. The topological polar surface area (TPSA) is 61.5 Å². The van der Waals surface area contributed by atoms with Crippen LogP contribution in [0.15, 0.2) is 59.3 Å². The molecule has 2 aliphatic heterocycles. The lowest BCUT2D eigenvalue weighted by molar-refractivity contribution is -0.123. The van der Waals surface area contributed by atoms with Crippen LogP contribution in [0.5, 0.6) is 0 Å². The van der Waals surface area contributed by atoms with Crippen LogP contribution < -0.4 is 4.90 Å². The number of thiophene rings is 1. The van der Waals surface area contributed by atoms with E-state index in [2.05, 4.69) is 86.3 Å². The number of rotatable bonds is 8. The summed E-state index contributed by atoms with van der Waals surface area (Å²) in [4.78, 5) is 18.3. The zero-order valence-corrected chi connectivity index (χ0v) is 22.2. The number of Topliss-reactive ketones (excluding diaryl/α,β-unsaturated/α-hetero) is 1. The first kappa shape index (κ1) is 24.3. The second-order valence-electron chi connectivity index (χ2n) is 10.3. The number of carbonyl (C=O) groups is 1. The third-order valence-corrected chi connectivity index (χ3v) is 8.66. The molecular weight excluding hydrogens is 480 g/mol. The van der Waals surface area contributed by atoms with E-state index in [1.807, 2.05) is 0 Å². The minimum absolute atomic E-state index is 0.145. The van der Waals surface area contributed by atoms with Crippen LogP contribution >= 0.6 is 11.3 Å². The zero-order valence-electron chi connectivity index (χ0n) is 21.4. The number of hydrogen-bond donors (Lipinski definition) is 1. The van der Waals surface area contributed by atoms with Gasteiger partial charge in [0.2, 0.25) is 0 Å². The summed E-state index contributed by atoms with van der Waals surface area (Å²) in [6, 6.07) is 17.4. The van der Waals surface area contributed by atoms with E-state index in [9.17, 15) is 4.79 Å². The highest BCUT2D eigenvalue weighted by Crippen LogP contribution is 2.32. The summed E-state index contributed by atoms with van der Waals surface area (Å²) >= 11 is 1.66. The van der Waals surface area contributed by atoms with Gasteiger partial charge in [0.15, 0.2) is 5.78 Å². The molecule has 6 nitrogen and oxygen atoms in total. The summed E-state index contributed by atoms with van der Waals surface area (Å²) in [7, 11) is 2.17. The summed E-state index contributed by atoms with van der Waals surface area (Å²) < 4.78 is 5.52. The summed E-state index contributed by atoms with van der Waals surface area (Å²) in [6.45, 7) is 3.67. The molecule has 0 bridgehead atoms. The molecule has 2 saturated heterocycles. The molecule has 1 atom stereocenters. The number of aromatic amines is 1. The zero-order chi connectivity index (χ0) is 25.2. The third kappa shape index (κ3) is 5.08. The number of hydrogen-bond acceptors (Lipinski definition) is 6. The molecule has 7 heteroatoms. The van der Waals surface area contributed by atoms with Crippen molar-refractivity contribution in [3.05, 3.63) is 70.4 Å². The predicted molar refractivity (Wildman–Crippen MR) is 150 cm³/mol. The molecule has 1 unspecified atom stereocenters. The Labute approximate surface area is 222 Å². The molecule has 0 amide bonds. The highest BCUT2D eigenvalue weighted by Gasteiger charge is 2.30. The van der Waals surface area contributed by atoms with Crippen molar-refractivity contribution in [1.29, 1.82) is 0 Å². The number of benzene rings is 2. The fourth-order valence-corrected chi connectivity index (χ4v) is 6.54. The number of nitrogens with one attached hydrogen (secondary N) is 1. The Balaban J connectivity index is 1.23. The van der Waals surface area contributed by atoms with E-state index in [1.165, 1.54) is 18.5 Å². The third-order valence-electron chi connectivity index (χ3n) is 7.96. The quantitative estimate of drug-likeness (QED) is 0.319. The second-order valence-corrected chi connectivity index (χ2v) is 11.1. The molecule has 37 heavy (non-hydrogen) atoms. The molecule has 0 spiro atoms. The minimum Gasteiger partial charge on any atom is -0.381 e. The number of nitrogens with zero attached hydrogens (tertiary/aromatic N) is 3. The first-order chi connectivity index (χ1) is 18.2. The number of ether oxygens (including phenoxy) is 1. The average Bonchev–Trinajstić information content (AvgIpc) is 3.72. The molecule has 0 saturated carbocycles. The van der Waals surface area contributed by atoms with Gasteiger partial charge in [0.1, 0.15) is 0 Å². The van der Waals surface area contributed by atoms with E-state index in [1.54, 1.807) is 11.3 Å².